The Labute approximate surface area is 68.8 Å². The van der Waals surface area contributed by atoms with Crippen LogP contribution in [0.2, 0.25) is 0 Å². The van der Waals surface area contributed by atoms with E-state index in [1.807, 2.05) is 0 Å². The molecule has 0 aromatic heterocycles. The second-order valence-electron chi connectivity index (χ2n) is 3.10. The summed E-state index contributed by atoms with van der Waals surface area (Å²) < 4.78 is 35.1. The quantitative estimate of drug-likeness (QED) is 0.670. The van der Waals surface area contributed by atoms with E-state index in [9.17, 15) is 13.2 Å². The average molecular weight is 183 g/mol. The van der Waals surface area contributed by atoms with Gasteiger partial charge < -0.3 is 10.4 Å². The molecule has 1 aliphatic carbocycles. The highest BCUT2D eigenvalue weighted by atomic mass is 19.4. The van der Waals surface area contributed by atoms with Crippen molar-refractivity contribution in [3.8, 4) is 0 Å². The van der Waals surface area contributed by atoms with Gasteiger partial charge >= 0.3 is 6.18 Å². The maximum atomic E-state index is 11.7. The molecule has 1 rings (SSSR count). The lowest BCUT2D eigenvalue weighted by Crippen LogP contribution is -2.41. The summed E-state index contributed by atoms with van der Waals surface area (Å²) >= 11 is 0. The molecule has 1 aliphatic rings. The van der Waals surface area contributed by atoms with E-state index in [1.54, 1.807) is 0 Å². The fraction of sp³-hybridized carbons (Fsp3) is 1.00. The second kappa shape index (κ2) is 3.62. The molecule has 0 unspecified atom stereocenters. The third-order valence-corrected chi connectivity index (χ3v) is 2.04. The normalized spacial score (nSPS) is 31.0. The van der Waals surface area contributed by atoms with Crippen molar-refractivity contribution in [3.05, 3.63) is 0 Å². The Hall–Kier alpha value is -0.290. The first-order chi connectivity index (χ1) is 5.49. The summed E-state index contributed by atoms with van der Waals surface area (Å²) in [7, 11) is 0. The van der Waals surface area contributed by atoms with E-state index >= 15 is 0 Å². The van der Waals surface area contributed by atoms with Crippen molar-refractivity contribution >= 4 is 0 Å². The highest BCUT2D eigenvalue weighted by Gasteiger charge is 2.31. The third-order valence-electron chi connectivity index (χ3n) is 2.04. The molecule has 0 bridgehead atoms. The van der Waals surface area contributed by atoms with Gasteiger partial charge in [-0.3, -0.25) is 0 Å². The van der Waals surface area contributed by atoms with Gasteiger partial charge in [0.1, 0.15) is 0 Å². The predicted molar refractivity (Wildman–Crippen MR) is 37.7 cm³/mol. The first-order valence-corrected chi connectivity index (χ1v) is 3.97. The monoisotopic (exact) mass is 183 g/mol. The van der Waals surface area contributed by atoms with Gasteiger partial charge in [0, 0.05) is 6.04 Å². The van der Waals surface area contributed by atoms with Crippen molar-refractivity contribution in [2.45, 2.75) is 37.6 Å². The zero-order chi connectivity index (χ0) is 9.19. The van der Waals surface area contributed by atoms with Crippen molar-refractivity contribution in [2.75, 3.05) is 6.54 Å². The molecule has 0 aromatic rings. The average Bonchev–Trinajstić information content (AvgIpc) is 2.29. The van der Waals surface area contributed by atoms with Crippen LogP contribution in [0.4, 0.5) is 13.2 Å². The molecule has 2 atom stereocenters. The van der Waals surface area contributed by atoms with Crippen LogP contribution in [0.5, 0.6) is 0 Å². The molecule has 0 aliphatic heterocycles. The second-order valence-corrected chi connectivity index (χ2v) is 3.10. The lowest BCUT2D eigenvalue weighted by Gasteiger charge is -2.17. The van der Waals surface area contributed by atoms with Crippen LogP contribution in [0.3, 0.4) is 0 Å². The highest BCUT2D eigenvalue weighted by molar-refractivity contribution is 4.83. The van der Waals surface area contributed by atoms with E-state index < -0.39 is 18.8 Å². The predicted octanol–water partition coefficient (Wildman–Crippen LogP) is 1.05. The van der Waals surface area contributed by atoms with E-state index in [4.69, 9.17) is 5.11 Å². The van der Waals surface area contributed by atoms with Crippen LogP contribution in [0.25, 0.3) is 0 Å². The molecule has 0 heterocycles. The molecule has 2 nitrogen and oxygen atoms in total. The maximum Gasteiger partial charge on any atom is 0.401 e. The first-order valence-electron chi connectivity index (χ1n) is 3.97. The Bertz CT molecular complexity index is 148. The van der Waals surface area contributed by atoms with Crippen LogP contribution < -0.4 is 5.32 Å². The van der Waals surface area contributed by atoms with E-state index in [2.05, 4.69) is 5.32 Å². The minimum atomic E-state index is -4.18. The summed E-state index contributed by atoms with van der Waals surface area (Å²) in [5.41, 5.74) is 0. The first kappa shape index (κ1) is 9.80. The molecule has 1 saturated carbocycles. The summed E-state index contributed by atoms with van der Waals surface area (Å²) in [4.78, 5) is 0. The van der Waals surface area contributed by atoms with E-state index in [1.165, 1.54) is 0 Å². The van der Waals surface area contributed by atoms with E-state index in [-0.39, 0.29) is 6.04 Å². The van der Waals surface area contributed by atoms with Crippen LogP contribution in [-0.2, 0) is 0 Å². The largest absolute Gasteiger partial charge is 0.401 e. The van der Waals surface area contributed by atoms with Gasteiger partial charge in [-0.1, -0.05) is 0 Å². The molecule has 2 N–H and O–H groups in total. The molecular formula is C7H12F3NO. The number of hydrogen-bond acceptors (Lipinski definition) is 2. The molecule has 0 spiro atoms. The van der Waals surface area contributed by atoms with Crippen LogP contribution in [0, 0.1) is 0 Å². The molecule has 0 radical (unpaired) electrons. The van der Waals surface area contributed by atoms with Gasteiger partial charge in [0.05, 0.1) is 12.6 Å². The number of nitrogens with one attached hydrogen (secondary N) is 1. The standard InChI is InChI=1S/C7H12F3NO/c8-7(9,10)4-11-5-2-1-3-6(5)12/h5-6,11-12H,1-4H2/t5-,6+/m1/s1. The van der Waals surface area contributed by atoms with Crippen molar-refractivity contribution in [2.24, 2.45) is 0 Å². The topological polar surface area (TPSA) is 32.3 Å². The summed E-state index contributed by atoms with van der Waals surface area (Å²) in [6.45, 7) is -1.01. The van der Waals surface area contributed by atoms with Gasteiger partial charge in [0.25, 0.3) is 0 Å². The maximum absolute atomic E-state index is 11.7. The number of halogens is 3. The molecule has 0 saturated heterocycles. The minimum Gasteiger partial charge on any atom is -0.392 e. The van der Waals surface area contributed by atoms with Crippen LogP contribution >= 0.6 is 0 Å². The zero-order valence-corrected chi connectivity index (χ0v) is 6.56. The van der Waals surface area contributed by atoms with Crippen LogP contribution in [0.15, 0.2) is 0 Å². The fourth-order valence-corrected chi connectivity index (χ4v) is 1.43. The molecule has 0 amide bonds. The lowest BCUT2D eigenvalue weighted by molar-refractivity contribution is -0.127. The molecule has 5 heteroatoms. The highest BCUT2D eigenvalue weighted by Crippen LogP contribution is 2.20. The number of aliphatic hydroxyl groups is 1. The van der Waals surface area contributed by atoms with Gasteiger partial charge in [-0.2, -0.15) is 13.2 Å². The smallest absolute Gasteiger partial charge is 0.392 e. The summed E-state index contributed by atoms with van der Waals surface area (Å²) in [5, 5.41) is 11.5. The number of rotatable bonds is 2. The Kier molecular flexibility index (Phi) is 2.95. The van der Waals surface area contributed by atoms with Crippen molar-refractivity contribution in [1.82, 2.24) is 5.32 Å². The lowest BCUT2D eigenvalue weighted by atomic mass is 10.2. The third kappa shape index (κ3) is 2.98. The number of hydrogen-bond donors (Lipinski definition) is 2. The summed E-state index contributed by atoms with van der Waals surface area (Å²) in [6, 6.07) is -0.369. The van der Waals surface area contributed by atoms with Crippen LogP contribution in [-0.4, -0.2) is 30.0 Å². The van der Waals surface area contributed by atoms with Gasteiger partial charge in [0.2, 0.25) is 0 Å². The van der Waals surface area contributed by atoms with Crippen LogP contribution in [0.1, 0.15) is 19.3 Å². The van der Waals surface area contributed by atoms with Gasteiger partial charge in [0.15, 0.2) is 0 Å². The van der Waals surface area contributed by atoms with Gasteiger partial charge in [-0.05, 0) is 19.3 Å². The molecule has 0 aromatic carbocycles. The molecule has 12 heavy (non-hydrogen) atoms. The van der Waals surface area contributed by atoms with E-state index in [0.29, 0.717) is 12.8 Å². The van der Waals surface area contributed by atoms with E-state index in [0.717, 1.165) is 6.42 Å². The molecular weight excluding hydrogens is 171 g/mol. The molecule has 72 valence electrons. The fourth-order valence-electron chi connectivity index (χ4n) is 1.43. The SMILES string of the molecule is O[C@H]1CCC[C@H]1NCC(F)(F)F. The Balaban J connectivity index is 2.23. The Morgan fingerprint density at radius 3 is 2.42 bits per heavy atom. The Morgan fingerprint density at radius 1 is 1.33 bits per heavy atom. The van der Waals surface area contributed by atoms with Gasteiger partial charge in [-0.15, -0.1) is 0 Å². The van der Waals surface area contributed by atoms with Crippen molar-refractivity contribution in [3.63, 3.8) is 0 Å². The van der Waals surface area contributed by atoms with Crippen molar-refractivity contribution < 1.29 is 18.3 Å². The summed E-state index contributed by atoms with van der Waals surface area (Å²) in [6.07, 6.45) is -2.74. The van der Waals surface area contributed by atoms with Gasteiger partial charge in [-0.25, -0.2) is 0 Å². The number of alkyl halides is 3. The molecule has 1 fully saturated rings. The zero-order valence-electron chi connectivity index (χ0n) is 6.56. The Morgan fingerprint density at radius 2 is 2.00 bits per heavy atom. The van der Waals surface area contributed by atoms with Crippen molar-refractivity contribution in [1.29, 1.82) is 0 Å². The summed E-state index contributed by atoms with van der Waals surface area (Å²) in [5.74, 6) is 0. The number of aliphatic hydroxyl groups excluding tert-OH is 1. The minimum absolute atomic E-state index is 0.369.